The van der Waals surface area contributed by atoms with Crippen molar-refractivity contribution in [2.45, 2.75) is 56.9 Å². The number of ether oxygens (including phenoxy) is 1. The van der Waals surface area contributed by atoms with Gasteiger partial charge in [0, 0.05) is 13.1 Å². The average molecular weight is 308 g/mol. The molecule has 1 amide bonds. The molecule has 1 aliphatic heterocycles. The molecule has 0 bridgehead atoms. The third kappa shape index (κ3) is 4.57. The highest BCUT2D eigenvalue weighted by atomic mass is 19.4. The van der Waals surface area contributed by atoms with E-state index in [9.17, 15) is 18.0 Å². The third-order valence-electron chi connectivity index (χ3n) is 4.54. The lowest BCUT2D eigenvalue weighted by atomic mass is 9.81. The van der Waals surface area contributed by atoms with E-state index < -0.39 is 18.2 Å². The van der Waals surface area contributed by atoms with Crippen molar-refractivity contribution in [2.75, 3.05) is 13.1 Å². The zero-order valence-electron chi connectivity index (χ0n) is 12.0. The molecule has 0 spiro atoms. The largest absolute Gasteiger partial charge is 0.391 e. The average Bonchev–Trinajstić information content (AvgIpc) is 2.93. The van der Waals surface area contributed by atoms with Crippen LogP contribution in [0.3, 0.4) is 0 Å². The predicted octanol–water partition coefficient (Wildman–Crippen LogP) is 1.98. The summed E-state index contributed by atoms with van der Waals surface area (Å²) in [5, 5.41) is 2.81. The Labute approximate surface area is 122 Å². The van der Waals surface area contributed by atoms with E-state index in [-0.39, 0.29) is 30.8 Å². The molecule has 4 nitrogen and oxygen atoms in total. The molecule has 0 unspecified atom stereocenters. The van der Waals surface area contributed by atoms with E-state index in [1.165, 1.54) is 0 Å². The molecule has 0 aromatic rings. The number of carbonyl (C=O) groups is 1. The topological polar surface area (TPSA) is 64.4 Å². The first-order chi connectivity index (χ1) is 9.90. The molecule has 2 rings (SSSR count). The molecule has 2 atom stereocenters. The van der Waals surface area contributed by atoms with Crippen LogP contribution >= 0.6 is 0 Å². The van der Waals surface area contributed by atoms with Crippen molar-refractivity contribution in [1.82, 2.24) is 5.32 Å². The summed E-state index contributed by atoms with van der Waals surface area (Å²) in [6, 6.07) is 0. The van der Waals surface area contributed by atoms with Gasteiger partial charge >= 0.3 is 6.18 Å². The van der Waals surface area contributed by atoms with Crippen LogP contribution in [0.5, 0.6) is 0 Å². The van der Waals surface area contributed by atoms with Crippen molar-refractivity contribution in [3.8, 4) is 0 Å². The van der Waals surface area contributed by atoms with Gasteiger partial charge in [-0.2, -0.15) is 13.2 Å². The zero-order valence-corrected chi connectivity index (χ0v) is 12.0. The molecule has 0 radical (unpaired) electrons. The van der Waals surface area contributed by atoms with E-state index in [0.717, 1.165) is 6.42 Å². The number of alkyl halides is 3. The summed E-state index contributed by atoms with van der Waals surface area (Å²) < 4.78 is 43.2. The smallest absolute Gasteiger partial charge is 0.364 e. The zero-order chi connectivity index (χ0) is 15.5. The van der Waals surface area contributed by atoms with Gasteiger partial charge in [-0.3, -0.25) is 4.79 Å². The Bertz CT molecular complexity index is 355. The summed E-state index contributed by atoms with van der Waals surface area (Å²) in [6.45, 7) is 0.849. The van der Waals surface area contributed by atoms with Crippen LogP contribution in [0, 0.1) is 11.8 Å². The summed E-state index contributed by atoms with van der Waals surface area (Å²) in [5.41, 5.74) is 5.49. The molecule has 1 saturated carbocycles. The second kappa shape index (κ2) is 6.96. The molecule has 122 valence electrons. The number of nitrogens with two attached hydrogens (primary N) is 1. The van der Waals surface area contributed by atoms with Gasteiger partial charge in [0.25, 0.3) is 0 Å². The normalized spacial score (nSPS) is 33.9. The van der Waals surface area contributed by atoms with E-state index in [0.29, 0.717) is 32.4 Å². The van der Waals surface area contributed by atoms with Gasteiger partial charge in [0.1, 0.15) is 6.10 Å². The molecular weight excluding hydrogens is 285 g/mol. The SMILES string of the molecule is NC[C@H]1CC[C@@H](C(=O)NCC2CCC(C(F)(F)F)CC2)O1. The first-order valence-corrected chi connectivity index (χ1v) is 7.60. The van der Waals surface area contributed by atoms with Crippen LogP contribution in [0.15, 0.2) is 0 Å². The standard InChI is InChI=1S/C14H23F3N2O2/c15-14(16,17)10-3-1-9(2-4-10)8-19-13(20)12-6-5-11(7-18)21-12/h9-12H,1-8,18H2,(H,19,20)/t9?,10?,11-,12+/m1/s1. The fraction of sp³-hybridized carbons (Fsp3) is 0.929. The molecule has 2 aliphatic rings. The second-order valence-corrected chi connectivity index (χ2v) is 6.06. The predicted molar refractivity (Wildman–Crippen MR) is 71.5 cm³/mol. The maximum absolute atomic E-state index is 12.6. The summed E-state index contributed by atoms with van der Waals surface area (Å²) in [5.74, 6) is -1.20. The van der Waals surface area contributed by atoms with Crippen molar-refractivity contribution < 1.29 is 22.7 Å². The number of nitrogens with one attached hydrogen (secondary N) is 1. The maximum Gasteiger partial charge on any atom is 0.391 e. The molecule has 7 heteroatoms. The lowest BCUT2D eigenvalue weighted by Crippen LogP contribution is -2.39. The third-order valence-corrected chi connectivity index (χ3v) is 4.54. The second-order valence-electron chi connectivity index (χ2n) is 6.06. The highest BCUT2D eigenvalue weighted by Crippen LogP contribution is 2.39. The quantitative estimate of drug-likeness (QED) is 0.834. The van der Waals surface area contributed by atoms with Gasteiger partial charge in [0.15, 0.2) is 0 Å². The summed E-state index contributed by atoms with van der Waals surface area (Å²) >= 11 is 0. The molecule has 2 fully saturated rings. The van der Waals surface area contributed by atoms with E-state index >= 15 is 0 Å². The van der Waals surface area contributed by atoms with Crippen LogP contribution in [0.25, 0.3) is 0 Å². The fourth-order valence-corrected chi connectivity index (χ4v) is 3.12. The molecule has 1 heterocycles. The van der Waals surface area contributed by atoms with E-state index in [2.05, 4.69) is 5.32 Å². The monoisotopic (exact) mass is 308 g/mol. The number of hydrogen-bond donors (Lipinski definition) is 2. The van der Waals surface area contributed by atoms with E-state index in [1.807, 2.05) is 0 Å². The van der Waals surface area contributed by atoms with Crippen molar-refractivity contribution in [3.05, 3.63) is 0 Å². The minimum atomic E-state index is -4.08. The lowest BCUT2D eigenvalue weighted by Gasteiger charge is -2.30. The van der Waals surface area contributed by atoms with Crippen LogP contribution in [0.1, 0.15) is 38.5 Å². The van der Waals surface area contributed by atoms with Crippen molar-refractivity contribution in [2.24, 2.45) is 17.6 Å². The first kappa shape index (κ1) is 16.5. The van der Waals surface area contributed by atoms with Gasteiger partial charge < -0.3 is 15.8 Å². The Balaban J connectivity index is 1.67. The van der Waals surface area contributed by atoms with Crippen LogP contribution in [0.4, 0.5) is 13.2 Å². The Hall–Kier alpha value is -0.820. The van der Waals surface area contributed by atoms with Crippen LogP contribution in [-0.2, 0) is 9.53 Å². The van der Waals surface area contributed by atoms with Gasteiger partial charge in [-0.1, -0.05) is 0 Å². The van der Waals surface area contributed by atoms with Gasteiger partial charge in [0.05, 0.1) is 12.0 Å². The molecule has 0 aromatic carbocycles. The summed E-state index contributed by atoms with van der Waals surface area (Å²) in [6.07, 6.45) is -1.78. The minimum Gasteiger partial charge on any atom is -0.364 e. The molecule has 3 N–H and O–H groups in total. The molecule has 21 heavy (non-hydrogen) atoms. The van der Waals surface area contributed by atoms with Gasteiger partial charge in [-0.25, -0.2) is 0 Å². The summed E-state index contributed by atoms with van der Waals surface area (Å²) in [7, 11) is 0. The van der Waals surface area contributed by atoms with E-state index in [1.54, 1.807) is 0 Å². The van der Waals surface area contributed by atoms with Crippen LogP contribution < -0.4 is 11.1 Å². The fourth-order valence-electron chi connectivity index (χ4n) is 3.12. The van der Waals surface area contributed by atoms with E-state index in [4.69, 9.17) is 10.5 Å². The first-order valence-electron chi connectivity index (χ1n) is 7.60. The molecule has 0 aromatic heterocycles. The molecule has 1 aliphatic carbocycles. The lowest BCUT2D eigenvalue weighted by molar-refractivity contribution is -0.183. The number of rotatable bonds is 4. The Morgan fingerprint density at radius 3 is 2.33 bits per heavy atom. The number of amides is 1. The molecule has 1 saturated heterocycles. The maximum atomic E-state index is 12.6. The minimum absolute atomic E-state index is 0.0528. The van der Waals surface area contributed by atoms with Crippen molar-refractivity contribution in [1.29, 1.82) is 0 Å². The Kier molecular flexibility index (Phi) is 5.48. The van der Waals surface area contributed by atoms with Crippen molar-refractivity contribution in [3.63, 3.8) is 0 Å². The highest BCUT2D eigenvalue weighted by molar-refractivity contribution is 5.81. The van der Waals surface area contributed by atoms with Crippen LogP contribution in [0.2, 0.25) is 0 Å². The Morgan fingerprint density at radius 2 is 1.81 bits per heavy atom. The number of halogens is 3. The van der Waals surface area contributed by atoms with Gasteiger partial charge in [0.2, 0.25) is 5.91 Å². The highest BCUT2D eigenvalue weighted by Gasteiger charge is 2.41. The molecular formula is C14H23F3N2O2. The van der Waals surface area contributed by atoms with Crippen LogP contribution in [-0.4, -0.2) is 37.4 Å². The van der Waals surface area contributed by atoms with Gasteiger partial charge in [-0.15, -0.1) is 0 Å². The Morgan fingerprint density at radius 1 is 1.14 bits per heavy atom. The summed E-state index contributed by atoms with van der Waals surface area (Å²) in [4.78, 5) is 11.9. The number of carbonyl (C=O) groups excluding carboxylic acids is 1. The number of hydrogen-bond acceptors (Lipinski definition) is 3. The van der Waals surface area contributed by atoms with Gasteiger partial charge in [-0.05, 0) is 44.4 Å². The van der Waals surface area contributed by atoms with Crippen molar-refractivity contribution >= 4 is 5.91 Å².